The molecule has 0 saturated heterocycles. The molecule has 134 valence electrons. The molecule has 0 amide bonds. The van der Waals surface area contributed by atoms with Crippen LogP contribution in [0.3, 0.4) is 0 Å². The Morgan fingerprint density at radius 1 is 1.09 bits per heavy atom. The van der Waals surface area contributed by atoms with Crippen LogP contribution in [0.1, 0.15) is 59.3 Å². The van der Waals surface area contributed by atoms with Crippen LogP contribution in [0.15, 0.2) is 23.9 Å². The minimum absolute atomic E-state index is 0.196. The van der Waals surface area contributed by atoms with E-state index in [1.165, 1.54) is 6.20 Å². The second-order valence-electron chi connectivity index (χ2n) is 5.67. The van der Waals surface area contributed by atoms with Crippen LogP contribution in [0.4, 0.5) is 0 Å². The van der Waals surface area contributed by atoms with E-state index in [4.69, 9.17) is 5.11 Å². The maximum Gasteiger partial charge on any atom is 0.326 e. The zero-order valence-corrected chi connectivity index (χ0v) is 14.6. The van der Waals surface area contributed by atoms with Crippen molar-refractivity contribution in [3.63, 3.8) is 0 Å². The summed E-state index contributed by atoms with van der Waals surface area (Å²) in [5.74, 6) is -0.446. The number of aliphatic hydroxyl groups excluding tert-OH is 2. The van der Waals surface area contributed by atoms with E-state index in [9.17, 15) is 15.0 Å². The molecule has 0 heterocycles. The van der Waals surface area contributed by atoms with Crippen molar-refractivity contribution in [3.05, 3.63) is 23.9 Å². The Kier molecular flexibility index (Phi) is 11.7. The summed E-state index contributed by atoms with van der Waals surface area (Å²) < 4.78 is 0. The first-order valence-electron chi connectivity index (χ1n) is 8.41. The van der Waals surface area contributed by atoms with E-state index in [0.29, 0.717) is 31.7 Å². The van der Waals surface area contributed by atoms with E-state index in [1.54, 1.807) is 18.0 Å². The summed E-state index contributed by atoms with van der Waals surface area (Å²) in [5.41, 5.74) is 0. The van der Waals surface area contributed by atoms with Crippen LogP contribution in [0.5, 0.6) is 0 Å². The Hall–Kier alpha value is -1.85. The van der Waals surface area contributed by atoms with E-state index >= 15 is 0 Å². The Labute approximate surface area is 139 Å². The van der Waals surface area contributed by atoms with Crippen LogP contribution >= 0.6 is 0 Å². The number of hydrogen-bond donors (Lipinski definition) is 4. The number of nitrogens with one attached hydrogen (secondary N) is 1. The maximum atomic E-state index is 11.2. The summed E-state index contributed by atoms with van der Waals surface area (Å²) in [4.78, 5) is 12.8. The molecule has 0 aliphatic heterocycles. The number of hydrogen-bond acceptors (Lipinski definition) is 5. The second-order valence-corrected chi connectivity index (χ2v) is 5.67. The third-order valence-electron chi connectivity index (χ3n) is 3.53. The molecule has 0 rings (SSSR count). The minimum atomic E-state index is -0.939. The summed E-state index contributed by atoms with van der Waals surface area (Å²) in [7, 11) is 0. The average Bonchev–Trinajstić information content (AvgIpc) is 2.52. The summed E-state index contributed by atoms with van der Waals surface area (Å²) >= 11 is 0. The van der Waals surface area contributed by atoms with Gasteiger partial charge in [0, 0.05) is 38.3 Å². The number of nitrogens with zero attached hydrogens (tertiary/aromatic N) is 1. The van der Waals surface area contributed by atoms with Crippen molar-refractivity contribution >= 4 is 5.97 Å². The fourth-order valence-electron chi connectivity index (χ4n) is 1.94. The largest absolute Gasteiger partial charge is 0.511 e. The van der Waals surface area contributed by atoms with Crippen molar-refractivity contribution in [2.45, 2.75) is 65.3 Å². The smallest absolute Gasteiger partial charge is 0.326 e. The lowest BCUT2D eigenvalue weighted by atomic mass is 10.2. The molecule has 0 aromatic rings. The van der Waals surface area contributed by atoms with Crippen LogP contribution in [0.25, 0.3) is 0 Å². The summed E-state index contributed by atoms with van der Waals surface area (Å²) in [6.45, 7) is 6.57. The first kappa shape index (κ1) is 21.1. The van der Waals surface area contributed by atoms with E-state index in [0.717, 1.165) is 25.7 Å². The monoisotopic (exact) mass is 328 g/mol. The first-order valence-corrected chi connectivity index (χ1v) is 8.41. The van der Waals surface area contributed by atoms with Gasteiger partial charge in [0.2, 0.25) is 0 Å². The van der Waals surface area contributed by atoms with E-state index in [2.05, 4.69) is 12.2 Å². The molecule has 4 N–H and O–H groups in total. The van der Waals surface area contributed by atoms with Gasteiger partial charge in [-0.1, -0.05) is 26.7 Å². The lowest BCUT2D eigenvalue weighted by Gasteiger charge is -2.25. The molecule has 0 aliphatic rings. The van der Waals surface area contributed by atoms with Crippen LogP contribution in [0, 0.1) is 0 Å². The van der Waals surface area contributed by atoms with E-state index < -0.39 is 12.0 Å². The molecule has 0 radical (unpaired) electrons. The Bertz CT molecular complexity index is 394. The van der Waals surface area contributed by atoms with Gasteiger partial charge in [0.25, 0.3) is 0 Å². The van der Waals surface area contributed by atoms with Crippen LogP contribution in [-0.2, 0) is 4.79 Å². The number of rotatable bonds is 13. The fourth-order valence-corrected chi connectivity index (χ4v) is 1.94. The molecule has 0 aliphatic carbocycles. The molecule has 0 saturated carbocycles. The summed E-state index contributed by atoms with van der Waals surface area (Å²) in [5, 5.41) is 31.6. The predicted molar refractivity (Wildman–Crippen MR) is 92.3 cm³/mol. The first-order chi connectivity index (χ1) is 10.9. The van der Waals surface area contributed by atoms with Crippen LogP contribution in [0.2, 0.25) is 0 Å². The van der Waals surface area contributed by atoms with E-state index in [-0.39, 0.29) is 5.76 Å². The SMILES string of the molecule is CCCC/C(O)=C/NCCN(/C=C(/O)CCCC)C(C)C(=O)O. The van der Waals surface area contributed by atoms with Gasteiger partial charge < -0.3 is 25.5 Å². The summed E-state index contributed by atoms with van der Waals surface area (Å²) in [6, 6.07) is -0.724. The number of aliphatic carboxylic acids is 1. The standard InChI is InChI=1S/C17H32N2O4/c1-4-6-8-15(20)12-18-10-11-19(14(3)17(22)23)13-16(21)9-7-5-2/h12-14,18,20-21H,4-11H2,1-3H3,(H,22,23)/b15-12-,16-13+. The fraction of sp³-hybridized carbons (Fsp3) is 0.706. The Balaban J connectivity index is 4.51. The topological polar surface area (TPSA) is 93.0 Å². The highest BCUT2D eigenvalue weighted by Gasteiger charge is 2.18. The second kappa shape index (κ2) is 12.7. The molecular weight excluding hydrogens is 296 g/mol. The average molecular weight is 328 g/mol. The maximum absolute atomic E-state index is 11.2. The van der Waals surface area contributed by atoms with Gasteiger partial charge in [0.1, 0.15) is 17.6 Å². The number of carboxylic acid groups (broad SMARTS) is 1. The lowest BCUT2D eigenvalue weighted by Crippen LogP contribution is -2.39. The van der Waals surface area contributed by atoms with E-state index in [1.807, 2.05) is 6.92 Å². The number of carboxylic acids is 1. The molecule has 23 heavy (non-hydrogen) atoms. The quantitative estimate of drug-likeness (QED) is 0.305. The number of aliphatic hydroxyl groups is 2. The molecule has 1 atom stereocenters. The molecule has 0 fully saturated rings. The lowest BCUT2D eigenvalue weighted by molar-refractivity contribution is -0.141. The third kappa shape index (κ3) is 10.5. The zero-order chi connectivity index (χ0) is 17.7. The van der Waals surface area contributed by atoms with Crippen molar-refractivity contribution in [1.29, 1.82) is 0 Å². The summed E-state index contributed by atoms with van der Waals surface area (Å²) in [6.07, 6.45) is 8.03. The van der Waals surface area contributed by atoms with Gasteiger partial charge in [-0.2, -0.15) is 0 Å². The van der Waals surface area contributed by atoms with Gasteiger partial charge in [-0.15, -0.1) is 0 Å². The number of unbranched alkanes of at least 4 members (excludes halogenated alkanes) is 2. The van der Waals surface area contributed by atoms with Crippen molar-refractivity contribution in [2.75, 3.05) is 13.1 Å². The normalized spacial score (nSPS) is 13.7. The van der Waals surface area contributed by atoms with Gasteiger partial charge in [-0.05, 0) is 19.8 Å². The number of allylic oxidation sites excluding steroid dienone is 2. The third-order valence-corrected chi connectivity index (χ3v) is 3.53. The van der Waals surface area contributed by atoms with Crippen molar-refractivity contribution in [2.24, 2.45) is 0 Å². The molecule has 0 aromatic heterocycles. The molecular formula is C17H32N2O4. The minimum Gasteiger partial charge on any atom is -0.511 e. The zero-order valence-electron chi connectivity index (χ0n) is 14.6. The van der Waals surface area contributed by atoms with Gasteiger partial charge in [-0.25, -0.2) is 4.79 Å². The van der Waals surface area contributed by atoms with Gasteiger partial charge in [-0.3, -0.25) is 0 Å². The van der Waals surface area contributed by atoms with Crippen molar-refractivity contribution < 1.29 is 20.1 Å². The molecule has 1 unspecified atom stereocenters. The van der Waals surface area contributed by atoms with Gasteiger partial charge >= 0.3 is 5.97 Å². The highest BCUT2D eigenvalue weighted by Crippen LogP contribution is 2.08. The Morgan fingerprint density at radius 2 is 1.65 bits per heavy atom. The highest BCUT2D eigenvalue weighted by atomic mass is 16.4. The van der Waals surface area contributed by atoms with Crippen molar-refractivity contribution in [3.8, 4) is 0 Å². The van der Waals surface area contributed by atoms with Crippen molar-refractivity contribution in [1.82, 2.24) is 10.2 Å². The molecule has 0 aromatic carbocycles. The molecule has 6 nitrogen and oxygen atoms in total. The number of carbonyl (C=O) groups is 1. The molecule has 0 bridgehead atoms. The van der Waals surface area contributed by atoms with Crippen LogP contribution < -0.4 is 5.32 Å². The molecule has 6 heteroatoms. The van der Waals surface area contributed by atoms with Crippen LogP contribution in [-0.4, -0.2) is 45.3 Å². The Morgan fingerprint density at radius 3 is 2.17 bits per heavy atom. The van der Waals surface area contributed by atoms with Gasteiger partial charge in [0.15, 0.2) is 0 Å². The molecule has 0 spiro atoms. The predicted octanol–water partition coefficient (Wildman–Crippen LogP) is 3.53. The van der Waals surface area contributed by atoms with Gasteiger partial charge in [0.05, 0.1) is 0 Å². The highest BCUT2D eigenvalue weighted by molar-refractivity contribution is 5.73.